The Balaban J connectivity index is 1.40. The molecule has 0 spiro atoms. The third kappa shape index (κ3) is 5.94. The topological polar surface area (TPSA) is 97.0 Å². The molecule has 0 aromatic heterocycles. The number of halogens is 1. The number of benzene rings is 2. The maximum absolute atomic E-state index is 13.0. The number of methoxy groups -OCH3 is 1. The molecule has 164 valence electrons. The minimum Gasteiger partial charge on any atom is -0.493 e. The van der Waals surface area contributed by atoms with Gasteiger partial charge in [-0.25, -0.2) is 4.39 Å². The SMILES string of the molecule is COc1ccccc1OCC(=O)NNC(=O)C1CCN(C(=O)c2ccc(F)cc2)CC1. The van der Waals surface area contributed by atoms with E-state index in [1.165, 1.54) is 31.4 Å². The molecule has 2 N–H and O–H groups in total. The molecule has 1 fully saturated rings. The molecule has 9 heteroatoms. The van der Waals surface area contributed by atoms with Crippen molar-refractivity contribution in [2.45, 2.75) is 12.8 Å². The summed E-state index contributed by atoms with van der Waals surface area (Å²) < 4.78 is 23.6. The molecular formula is C22H24FN3O5. The number of rotatable bonds is 6. The summed E-state index contributed by atoms with van der Waals surface area (Å²) in [6, 6.07) is 12.3. The van der Waals surface area contributed by atoms with E-state index in [2.05, 4.69) is 10.9 Å². The number of hydrogen-bond donors (Lipinski definition) is 2. The number of nitrogens with zero attached hydrogens (tertiary/aromatic N) is 1. The van der Waals surface area contributed by atoms with Crippen LogP contribution in [0.1, 0.15) is 23.2 Å². The Morgan fingerprint density at radius 3 is 2.29 bits per heavy atom. The number of amides is 3. The molecule has 31 heavy (non-hydrogen) atoms. The van der Waals surface area contributed by atoms with Crippen LogP contribution < -0.4 is 20.3 Å². The van der Waals surface area contributed by atoms with Crippen molar-refractivity contribution in [1.82, 2.24) is 15.8 Å². The van der Waals surface area contributed by atoms with Crippen molar-refractivity contribution in [2.75, 3.05) is 26.8 Å². The second-order valence-corrected chi connectivity index (χ2v) is 7.05. The lowest BCUT2D eigenvalue weighted by molar-refractivity contribution is -0.132. The van der Waals surface area contributed by atoms with E-state index in [9.17, 15) is 18.8 Å². The molecule has 1 saturated heterocycles. The van der Waals surface area contributed by atoms with Gasteiger partial charge in [0.2, 0.25) is 5.91 Å². The Kier molecular flexibility index (Phi) is 7.42. The molecule has 2 aromatic carbocycles. The van der Waals surface area contributed by atoms with Gasteiger partial charge in [-0.2, -0.15) is 0 Å². The van der Waals surface area contributed by atoms with E-state index in [-0.39, 0.29) is 24.3 Å². The van der Waals surface area contributed by atoms with E-state index in [0.29, 0.717) is 43.0 Å². The van der Waals surface area contributed by atoms with E-state index in [0.717, 1.165) is 0 Å². The average molecular weight is 429 g/mol. The summed E-state index contributed by atoms with van der Waals surface area (Å²) in [7, 11) is 1.50. The van der Waals surface area contributed by atoms with Crippen LogP contribution >= 0.6 is 0 Å². The Morgan fingerprint density at radius 2 is 1.65 bits per heavy atom. The van der Waals surface area contributed by atoms with Gasteiger partial charge in [-0.3, -0.25) is 25.2 Å². The highest BCUT2D eigenvalue weighted by atomic mass is 19.1. The Labute approximate surface area is 179 Å². The number of piperidine rings is 1. The molecule has 1 heterocycles. The number of carbonyl (C=O) groups excluding carboxylic acids is 3. The first kappa shape index (κ1) is 22.1. The van der Waals surface area contributed by atoms with Gasteiger partial charge in [0, 0.05) is 24.6 Å². The summed E-state index contributed by atoms with van der Waals surface area (Å²) in [4.78, 5) is 38.4. The fraction of sp³-hybridized carbons (Fsp3) is 0.318. The molecule has 0 bridgehead atoms. The van der Waals surface area contributed by atoms with Gasteiger partial charge in [0.15, 0.2) is 18.1 Å². The van der Waals surface area contributed by atoms with E-state index in [1.54, 1.807) is 29.2 Å². The summed E-state index contributed by atoms with van der Waals surface area (Å²) in [5, 5.41) is 0. The van der Waals surface area contributed by atoms with Gasteiger partial charge in [-0.1, -0.05) is 12.1 Å². The van der Waals surface area contributed by atoms with E-state index in [4.69, 9.17) is 9.47 Å². The van der Waals surface area contributed by atoms with Crippen LogP contribution in [0.15, 0.2) is 48.5 Å². The minimum absolute atomic E-state index is 0.194. The predicted molar refractivity (Wildman–Crippen MR) is 110 cm³/mol. The van der Waals surface area contributed by atoms with E-state index < -0.39 is 11.7 Å². The average Bonchev–Trinajstić information content (AvgIpc) is 2.81. The Bertz CT molecular complexity index is 927. The monoisotopic (exact) mass is 429 g/mol. The number of hydrogen-bond acceptors (Lipinski definition) is 5. The number of hydrazine groups is 1. The molecule has 0 radical (unpaired) electrons. The summed E-state index contributed by atoms with van der Waals surface area (Å²) in [6.45, 7) is 0.517. The second-order valence-electron chi connectivity index (χ2n) is 7.05. The molecule has 0 atom stereocenters. The van der Waals surface area contributed by atoms with E-state index in [1.807, 2.05) is 0 Å². The summed E-state index contributed by atoms with van der Waals surface area (Å²) in [5.41, 5.74) is 5.15. The standard InChI is InChI=1S/C22H24FN3O5/c1-30-18-4-2-3-5-19(18)31-14-20(27)24-25-21(28)15-10-12-26(13-11-15)22(29)16-6-8-17(23)9-7-16/h2-9,15H,10-14H2,1H3,(H,24,27)(H,25,28). The number of ether oxygens (including phenoxy) is 2. The molecule has 3 rings (SSSR count). The molecule has 0 saturated carbocycles. The van der Waals surface area contributed by atoms with Gasteiger partial charge in [0.05, 0.1) is 7.11 Å². The van der Waals surface area contributed by atoms with Crippen LogP contribution in [-0.4, -0.2) is 49.4 Å². The van der Waals surface area contributed by atoms with Crippen molar-refractivity contribution in [2.24, 2.45) is 5.92 Å². The highest BCUT2D eigenvalue weighted by Gasteiger charge is 2.28. The van der Waals surface area contributed by atoms with E-state index >= 15 is 0 Å². The number of carbonyl (C=O) groups is 3. The number of nitrogens with one attached hydrogen (secondary N) is 2. The third-order valence-corrected chi connectivity index (χ3v) is 5.00. The Morgan fingerprint density at radius 1 is 1.00 bits per heavy atom. The lowest BCUT2D eigenvalue weighted by Gasteiger charge is -2.31. The van der Waals surface area contributed by atoms with Crippen molar-refractivity contribution in [3.8, 4) is 11.5 Å². The zero-order chi connectivity index (χ0) is 22.2. The van der Waals surface area contributed by atoms with Crippen LogP contribution in [0.4, 0.5) is 4.39 Å². The van der Waals surface area contributed by atoms with Crippen molar-refractivity contribution in [3.05, 3.63) is 59.9 Å². The number of para-hydroxylation sites is 2. The second kappa shape index (κ2) is 10.4. The van der Waals surface area contributed by atoms with Crippen LogP contribution in [0, 0.1) is 11.7 Å². The molecule has 3 amide bonds. The Hall–Kier alpha value is -3.62. The smallest absolute Gasteiger partial charge is 0.276 e. The van der Waals surface area contributed by atoms with Gasteiger partial charge >= 0.3 is 0 Å². The van der Waals surface area contributed by atoms with Crippen LogP contribution in [0.2, 0.25) is 0 Å². The normalized spacial score (nSPS) is 13.9. The molecule has 8 nitrogen and oxygen atoms in total. The molecule has 2 aromatic rings. The largest absolute Gasteiger partial charge is 0.493 e. The number of likely N-dealkylation sites (tertiary alicyclic amines) is 1. The lowest BCUT2D eigenvalue weighted by atomic mass is 9.95. The van der Waals surface area contributed by atoms with Crippen LogP contribution in [0.3, 0.4) is 0 Å². The molecule has 1 aliphatic heterocycles. The minimum atomic E-state index is -0.511. The predicted octanol–water partition coefficient (Wildman–Crippen LogP) is 1.91. The summed E-state index contributed by atoms with van der Waals surface area (Å²) in [6.07, 6.45) is 0.929. The summed E-state index contributed by atoms with van der Waals surface area (Å²) in [5.74, 6) is -0.829. The third-order valence-electron chi connectivity index (χ3n) is 5.00. The van der Waals surface area contributed by atoms with Crippen LogP contribution in [0.5, 0.6) is 11.5 Å². The van der Waals surface area contributed by atoms with Crippen LogP contribution in [0.25, 0.3) is 0 Å². The highest BCUT2D eigenvalue weighted by Crippen LogP contribution is 2.25. The first-order chi connectivity index (χ1) is 15.0. The van der Waals surface area contributed by atoms with Gasteiger partial charge in [0.1, 0.15) is 5.82 Å². The molecule has 1 aliphatic rings. The van der Waals surface area contributed by atoms with Gasteiger partial charge in [-0.05, 0) is 49.2 Å². The van der Waals surface area contributed by atoms with Crippen LogP contribution in [-0.2, 0) is 9.59 Å². The van der Waals surface area contributed by atoms with Gasteiger partial charge in [0.25, 0.3) is 11.8 Å². The first-order valence-corrected chi connectivity index (χ1v) is 9.87. The van der Waals surface area contributed by atoms with Crippen molar-refractivity contribution < 1.29 is 28.2 Å². The molecule has 0 unspecified atom stereocenters. The molecular weight excluding hydrogens is 405 g/mol. The maximum Gasteiger partial charge on any atom is 0.276 e. The fourth-order valence-corrected chi connectivity index (χ4v) is 3.27. The molecule has 0 aliphatic carbocycles. The summed E-state index contributed by atoms with van der Waals surface area (Å²) >= 11 is 0. The van der Waals surface area contributed by atoms with Gasteiger partial charge in [-0.15, -0.1) is 0 Å². The lowest BCUT2D eigenvalue weighted by Crippen LogP contribution is -2.49. The van der Waals surface area contributed by atoms with Crippen molar-refractivity contribution in [3.63, 3.8) is 0 Å². The highest BCUT2D eigenvalue weighted by molar-refractivity contribution is 5.94. The quantitative estimate of drug-likeness (QED) is 0.684. The van der Waals surface area contributed by atoms with Gasteiger partial charge < -0.3 is 14.4 Å². The maximum atomic E-state index is 13.0. The zero-order valence-corrected chi connectivity index (χ0v) is 17.1. The van der Waals surface area contributed by atoms with Crippen molar-refractivity contribution in [1.29, 1.82) is 0 Å². The first-order valence-electron chi connectivity index (χ1n) is 9.87. The van der Waals surface area contributed by atoms with Crippen molar-refractivity contribution >= 4 is 17.7 Å². The fourth-order valence-electron chi connectivity index (χ4n) is 3.27. The zero-order valence-electron chi connectivity index (χ0n) is 17.1.